The second kappa shape index (κ2) is 5.29. The summed E-state index contributed by atoms with van der Waals surface area (Å²) < 4.78 is 53.3. The van der Waals surface area contributed by atoms with Crippen LogP contribution in [0.4, 0.5) is 17.6 Å². The molecule has 1 heterocycles. The van der Waals surface area contributed by atoms with Gasteiger partial charge in [-0.25, -0.2) is 4.39 Å². The van der Waals surface area contributed by atoms with Crippen molar-refractivity contribution in [1.29, 1.82) is 0 Å². The summed E-state index contributed by atoms with van der Waals surface area (Å²) in [6, 6.07) is 4.17. The fourth-order valence-corrected chi connectivity index (χ4v) is 2.76. The third kappa shape index (κ3) is 2.62. The van der Waals surface area contributed by atoms with Gasteiger partial charge in [0, 0.05) is 12.5 Å². The number of hydrogen-bond donors (Lipinski definition) is 2. The summed E-state index contributed by atoms with van der Waals surface area (Å²) in [5, 5.41) is 11.6. The number of carbonyl (C=O) groups is 1. The zero-order chi connectivity index (χ0) is 15.8. The van der Waals surface area contributed by atoms with E-state index in [2.05, 4.69) is 5.32 Å². The van der Waals surface area contributed by atoms with Gasteiger partial charge in [0.1, 0.15) is 5.82 Å². The van der Waals surface area contributed by atoms with Gasteiger partial charge in [0.25, 0.3) is 0 Å². The van der Waals surface area contributed by atoms with Crippen LogP contribution in [0.1, 0.15) is 11.1 Å². The van der Waals surface area contributed by atoms with E-state index in [0.29, 0.717) is 11.1 Å². The van der Waals surface area contributed by atoms with Crippen molar-refractivity contribution in [3.63, 3.8) is 0 Å². The zero-order valence-electron chi connectivity index (χ0n) is 11.3. The maximum Gasteiger partial charge on any atom is 0.406 e. The SMILES string of the molecule is Cc1ccc(CC2CNCC2(C(=O)O)C(F)(F)F)cc1F. The number of nitrogens with one attached hydrogen (secondary N) is 1. The fourth-order valence-electron chi connectivity index (χ4n) is 2.76. The van der Waals surface area contributed by atoms with Crippen molar-refractivity contribution in [2.24, 2.45) is 11.3 Å². The molecule has 21 heavy (non-hydrogen) atoms. The molecule has 2 rings (SSSR count). The molecule has 1 aromatic carbocycles. The standard InChI is InChI=1S/C14H15F4NO2/c1-8-2-3-9(5-11(8)15)4-10-6-19-7-13(10,12(20)21)14(16,17)18/h2-3,5,10,19H,4,6-7H2,1H3,(H,20,21). The first kappa shape index (κ1) is 15.8. The average molecular weight is 305 g/mol. The zero-order valence-corrected chi connectivity index (χ0v) is 11.3. The Balaban J connectivity index is 2.33. The van der Waals surface area contributed by atoms with Crippen molar-refractivity contribution < 1.29 is 27.5 Å². The van der Waals surface area contributed by atoms with Crippen LogP contribution in [0.2, 0.25) is 0 Å². The lowest BCUT2D eigenvalue weighted by atomic mass is 9.74. The molecule has 1 aliphatic heterocycles. The highest BCUT2D eigenvalue weighted by atomic mass is 19.4. The van der Waals surface area contributed by atoms with Crippen LogP contribution in [0.5, 0.6) is 0 Å². The Hall–Kier alpha value is -1.63. The molecule has 7 heteroatoms. The summed E-state index contributed by atoms with van der Waals surface area (Å²) in [6.45, 7) is 0.819. The molecule has 0 spiro atoms. The van der Waals surface area contributed by atoms with Gasteiger partial charge in [-0.05, 0) is 37.1 Å². The van der Waals surface area contributed by atoms with Gasteiger partial charge < -0.3 is 10.4 Å². The Morgan fingerprint density at radius 2 is 2.14 bits per heavy atom. The Labute approximate surface area is 119 Å². The van der Waals surface area contributed by atoms with Gasteiger partial charge in [0.05, 0.1) is 0 Å². The van der Waals surface area contributed by atoms with E-state index in [4.69, 9.17) is 5.11 Å². The molecule has 116 valence electrons. The highest BCUT2D eigenvalue weighted by molar-refractivity contribution is 5.77. The van der Waals surface area contributed by atoms with Crippen molar-refractivity contribution in [2.45, 2.75) is 19.5 Å². The van der Waals surface area contributed by atoms with E-state index >= 15 is 0 Å². The van der Waals surface area contributed by atoms with Gasteiger partial charge in [-0.15, -0.1) is 0 Å². The van der Waals surface area contributed by atoms with Gasteiger partial charge in [-0.2, -0.15) is 13.2 Å². The Morgan fingerprint density at radius 1 is 1.48 bits per heavy atom. The van der Waals surface area contributed by atoms with Crippen LogP contribution in [0, 0.1) is 24.1 Å². The monoisotopic (exact) mass is 305 g/mol. The van der Waals surface area contributed by atoms with Gasteiger partial charge in [-0.1, -0.05) is 12.1 Å². The number of aliphatic carboxylic acids is 1. The minimum absolute atomic E-state index is 0.0681. The molecule has 1 aliphatic rings. The first-order valence-corrected chi connectivity index (χ1v) is 6.44. The first-order chi connectivity index (χ1) is 9.68. The van der Waals surface area contributed by atoms with Crippen molar-refractivity contribution in [1.82, 2.24) is 5.32 Å². The molecule has 0 radical (unpaired) electrons. The summed E-state index contributed by atoms with van der Waals surface area (Å²) in [5.74, 6) is -3.57. The highest BCUT2D eigenvalue weighted by Gasteiger charge is 2.66. The van der Waals surface area contributed by atoms with E-state index in [-0.39, 0.29) is 13.0 Å². The molecule has 3 nitrogen and oxygen atoms in total. The third-order valence-corrected chi connectivity index (χ3v) is 4.10. The summed E-state index contributed by atoms with van der Waals surface area (Å²) >= 11 is 0. The predicted octanol–water partition coefficient (Wildman–Crippen LogP) is 2.53. The van der Waals surface area contributed by atoms with Crippen molar-refractivity contribution in [2.75, 3.05) is 13.1 Å². The normalized spacial score (nSPS) is 26.0. The molecule has 0 saturated carbocycles. The first-order valence-electron chi connectivity index (χ1n) is 6.44. The molecular formula is C14H15F4NO2. The van der Waals surface area contributed by atoms with Gasteiger partial charge in [0.2, 0.25) is 0 Å². The van der Waals surface area contributed by atoms with Crippen molar-refractivity contribution >= 4 is 5.97 Å². The molecule has 0 aliphatic carbocycles. The van der Waals surface area contributed by atoms with Crippen LogP contribution in [0.3, 0.4) is 0 Å². The Kier molecular flexibility index (Phi) is 3.97. The molecule has 0 aromatic heterocycles. The number of carboxylic acid groups (broad SMARTS) is 1. The number of hydrogen-bond acceptors (Lipinski definition) is 2. The van der Waals surface area contributed by atoms with Crippen LogP contribution < -0.4 is 5.32 Å². The van der Waals surface area contributed by atoms with Crippen molar-refractivity contribution in [3.05, 3.63) is 35.1 Å². The summed E-state index contributed by atoms with van der Waals surface area (Å²) in [5.41, 5.74) is -2.07. The van der Waals surface area contributed by atoms with Crippen LogP contribution >= 0.6 is 0 Å². The number of aryl methyl sites for hydroxylation is 1. The van der Waals surface area contributed by atoms with E-state index in [1.165, 1.54) is 12.1 Å². The second-order valence-electron chi connectivity index (χ2n) is 5.39. The largest absolute Gasteiger partial charge is 0.481 e. The van der Waals surface area contributed by atoms with E-state index in [9.17, 15) is 22.4 Å². The topological polar surface area (TPSA) is 49.3 Å². The van der Waals surface area contributed by atoms with Crippen LogP contribution in [-0.4, -0.2) is 30.3 Å². The number of benzene rings is 1. The molecule has 1 aromatic rings. The second-order valence-corrected chi connectivity index (χ2v) is 5.39. The maximum atomic E-state index is 13.5. The average Bonchev–Trinajstić information content (AvgIpc) is 2.78. The number of carboxylic acids is 1. The smallest absolute Gasteiger partial charge is 0.406 e. The molecule has 2 unspecified atom stereocenters. The summed E-state index contributed by atoms with van der Waals surface area (Å²) in [7, 11) is 0. The molecule has 2 atom stereocenters. The quantitative estimate of drug-likeness (QED) is 0.844. The van der Waals surface area contributed by atoms with Gasteiger partial charge >= 0.3 is 12.1 Å². The predicted molar refractivity (Wildman–Crippen MR) is 67.3 cm³/mol. The van der Waals surface area contributed by atoms with Crippen LogP contribution in [-0.2, 0) is 11.2 Å². The molecular weight excluding hydrogens is 290 g/mol. The molecule has 1 saturated heterocycles. The number of alkyl halides is 3. The third-order valence-electron chi connectivity index (χ3n) is 4.10. The fraction of sp³-hybridized carbons (Fsp3) is 0.500. The summed E-state index contributed by atoms with van der Waals surface area (Å²) in [6.07, 6.45) is -5.01. The lowest BCUT2D eigenvalue weighted by Gasteiger charge is -2.32. The van der Waals surface area contributed by atoms with E-state index < -0.39 is 35.8 Å². The van der Waals surface area contributed by atoms with E-state index in [0.717, 1.165) is 6.07 Å². The minimum Gasteiger partial charge on any atom is -0.481 e. The molecule has 2 N–H and O–H groups in total. The lowest BCUT2D eigenvalue weighted by Crippen LogP contribution is -2.51. The minimum atomic E-state index is -4.86. The number of halogens is 4. The highest BCUT2D eigenvalue weighted by Crippen LogP contribution is 2.47. The molecule has 1 fully saturated rings. The van der Waals surface area contributed by atoms with Crippen LogP contribution in [0.15, 0.2) is 18.2 Å². The molecule has 0 amide bonds. The lowest BCUT2D eigenvalue weighted by molar-refractivity contribution is -0.236. The van der Waals surface area contributed by atoms with Gasteiger partial charge in [0.15, 0.2) is 5.41 Å². The van der Waals surface area contributed by atoms with Crippen LogP contribution in [0.25, 0.3) is 0 Å². The maximum absolute atomic E-state index is 13.5. The van der Waals surface area contributed by atoms with Crippen molar-refractivity contribution in [3.8, 4) is 0 Å². The van der Waals surface area contributed by atoms with Gasteiger partial charge in [-0.3, -0.25) is 4.79 Å². The summed E-state index contributed by atoms with van der Waals surface area (Å²) in [4.78, 5) is 11.3. The van der Waals surface area contributed by atoms with E-state index in [1.807, 2.05) is 0 Å². The molecule has 0 bridgehead atoms. The Bertz CT molecular complexity index is 558. The number of rotatable bonds is 3. The van der Waals surface area contributed by atoms with E-state index in [1.54, 1.807) is 6.92 Å². The Morgan fingerprint density at radius 3 is 2.67 bits per heavy atom.